The molecule has 2 aromatic carbocycles. The molecule has 0 spiro atoms. The Morgan fingerprint density at radius 3 is 2.19 bits per heavy atom. The first kappa shape index (κ1) is 19.1. The second-order valence-electron chi connectivity index (χ2n) is 7.58. The van der Waals surface area contributed by atoms with Crippen LogP contribution in [0.25, 0.3) is 0 Å². The van der Waals surface area contributed by atoms with Crippen molar-refractivity contribution in [1.29, 1.82) is 0 Å². The van der Waals surface area contributed by atoms with Crippen molar-refractivity contribution >= 4 is 17.5 Å². The van der Waals surface area contributed by atoms with Gasteiger partial charge in [-0.05, 0) is 60.7 Å². The highest BCUT2D eigenvalue weighted by molar-refractivity contribution is 6.04. The summed E-state index contributed by atoms with van der Waals surface area (Å²) < 4.78 is 13.0. The Kier molecular flexibility index (Phi) is 5.59. The van der Waals surface area contributed by atoms with Gasteiger partial charge in [0.05, 0.1) is 5.41 Å². The summed E-state index contributed by atoms with van der Waals surface area (Å²) in [4.78, 5) is 24.9. The summed E-state index contributed by atoms with van der Waals surface area (Å²) in [6.45, 7) is 4.82. The van der Waals surface area contributed by atoms with Crippen LogP contribution in [-0.4, -0.2) is 18.4 Å². The van der Waals surface area contributed by atoms with Crippen LogP contribution in [0.4, 0.5) is 10.1 Å². The maximum atomic E-state index is 13.0. The molecule has 4 nitrogen and oxygen atoms in total. The van der Waals surface area contributed by atoms with Crippen molar-refractivity contribution in [3.63, 3.8) is 0 Å². The molecule has 1 fully saturated rings. The van der Waals surface area contributed by atoms with Crippen molar-refractivity contribution in [3.05, 3.63) is 65.5 Å². The van der Waals surface area contributed by atoms with Gasteiger partial charge in [-0.15, -0.1) is 0 Å². The number of carbonyl (C=O) groups is 2. The van der Waals surface area contributed by atoms with E-state index < -0.39 is 5.41 Å². The number of halogens is 1. The van der Waals surface area contributed by atoms with Crippen LogP contribution in [0.2, 0.25) is 0 Å². The van der Waals surface area contributed by atoms with Gasteiger partial charge in [0.25, 0.3) is 5.91 Å². The quantitative estimate of drug-likeness (QED) is 0.800. The fourth-order valence-electron chi connectivity index (χ4n) is 3.32. The first-order valence-corrected chi connectivity index (χ1v) is 9.36. The van der Waals surface area contributed by atoms with Gasteiger partial charge in [0.1, 0.15) is 5.82 Å². The summed E-state index contributed by atoms with van der Waals surface area (Å²) in [5.41, 5.74) is 1.57. The van der Waals surface area contributed by atoms with Gasteiger partial charge in [-0.3, -0.25) is 9.59 Å². The third-order valence-corrected chi connectivity index (χ3v) is 5.11. The summed E-state index contributed by atoms with van der Waals surface area (Å²) in [6.07, 6.45) is 2.73. The molecule has 2 amide bonds. The zero-order valence-corrected chi connectivity index (χ0v) is 15.7. The number of rotatable bonds is 6. The predicted molar refractivity (Wildman–Crippen MR) is 104 cm³/mol. The van der Waals surface area contributed by atoms with Crippen molar-refractivity contribution in [2.24, 2.45) is 5.92 Å². The van der Waals surface area contributed by atoms with Crippen LogP contribution in [0, 0.1) is 11.7 Å². The Labute approximate surface area is 159 Å². The largest absolute Gasteiger partial charge is 0.355 e. The van der Waals surface area contributed by atoms with Crippen LogP contribution in [0.1, 0.15) is 49.0 Å². The molecule has 1 aliphatic rings. The highest BCUT2D eigenvalue weighted by Gasteiger charge is 2.45. The molecule has 0 saturated heterocycles. The lowest BCUT2D eigenvalue weighted by Gasteiger charge is -2.41. The number of anilines is 1. The number of amides is 2. The summed E-state index contributed by atoms with van der Waals surface area (Å²) >= 11 is 0. The molecule has 2 aromatic rings. The first-order chi connectivity index (χ1) is 12.9. The van der Waals surface area contributed by atoms with Crippen molar-refractivity contribution in [2.45, 2.75) is 38.5 Å². The second-order valence-corrected chi connectivity index (χ2v) is 7.58. The normalized spacial score (nSPS) is 15.1. The Morgan fingerprint density at radius 2 is 1.67 bits per heavy atom. The van der Waals surface area contributed by atoms with E-state index in [1.54, 1.807) is 0 Å². The summed E-state index contributed by atoms with van der Waals surface area (Å²) in [6, 6.07) is 12.9. The number of nitrogens with one attached hydrogen (secondary N) is 2. The predicted octanol–water partition coefficient (Wildman–Crippen LogP) is 4.27. The molecule has 0 atom stereocenters. The van der Waals surface area contributed by atoms with E-state index in [-0.39, 0.29) is 17.6 Å². The Bertz CT molecular complexity index is 809. The monoisotopic (exact) mass is 368 g/mol. The standard InChI is InChI=1S/C22H25FN2O2/c1-15(2)14-24-21(27)22(12-3-13-22)17-6-10-19(11-7-17)25-20(26)16-4-8-18(23)9-5-16/h4-11,15H,3,12-14H2,1-2H3,(H,24,27)(H,25,26). The molecule has 142 valence electrons. The molecule has 0 aliphatic heterocycles. The van der Waals surface area contributed by atoms with Gasteiger partial charge in [0, 0.05) is 17.8 Å². The number of benzene rings is 2. The highest BCUT2D eigenvalue weighted by atomic mass is 19.1. The van der Waals surface area contributed by atoms with E-state index in [2.05, 4.69) is 24.5 Å². The number of carbonyl (C=O) groups excluding carboxylic acids is 2. The lowest BCUT2D eigenvalue weighted by Crippen LogP contribution is -2.49. The lowest BCUT2D eigenvalue weighted by molar-refractivity contribution is -0.130. The minimum absolute atomic E-state index is 0.0885. The van der Waals surface area contributed by atoms with Crippen molar-refractivity contribution < 1.29 is 14.0 Å². The fraction of sp³-hybridized carbons (Fsp3) is 0.364. The van der Waals surface area contributed by atoms with Crippen molar-refractivity contribution in [1.82, 2.24) is 5.32 Å². The molecule has 0 aromatic heterocycles. The first-order valence-electron chi connectivity index (χ1n) is 9.36. The Morgan fingerprint density at radius 1 is 1.04 bits per heavy atom. The Hall–Kier alpha value is -2.69. The summed E-state index contributed by atoms with van der Waals surface area (Å²) in [5.74, 6) is -0.172. The number of hydrogen-bond acceptors (Lipinski definition) is 2. The molecule has 0 heterocycles. The maximum Gasteiger partial charge on any atom is 0.255 e. The van der Waals surface area contributed by atoms with E-state index >= 15 is 0 Å². The van der Waals surface area contributed by atoms with E-state index in [4.69, 9.17) is 0 Å². The van der Waals surface area contributed by atoms with Crippen LogP contribution in [-0.2, 0) is 10.2 Å². The third-order valence-electron chi connectivity index (χ3n) is 5.11. The van der Waals surface area contributed by atoms with E-state index in [1.807, 2.05) is 24.3 Å². The zero-order valence-electron chi connectivity index (χ0n) is 15.7. The van der Waals surface area contributed by atoms with Gasteiger partial charge in [0.2, 0.25) is 5.91 Å². The van der Waals surface area contributed by atoms with Crippen LogP contribution in [0.3, 0.4) is 0 Å². The minimum Gasteiger partial charge on any atom is -0.355 e. The van der Waals surface area contributed by atoms with Crippen molar-refractivity contribution in [3.8, 4) is 0 Å². The SMILES string of the molecule is CC(C)CNC(=O)C1(c2ccc(NC(=O)c3ccc(F)cc3)cc2)CCC1. The zero-order chi connectivity index (χ0) is 19.4. The molecule has 27 heavy (non-hydrogen) atoms. The van der Waals surface area contributed by atoms with Crippen LogP contribution in [0.5, 0.6) is 0 Å². The molecular weight excluding hydrogens is 343 g/mol. The van der Waals surface area contributed by atoms with E-state index in [0.29, 0.717) is 23.7 Å². The molecule has 2 N–H and O–H groups in total. The average molecular weight is 368 g/mol. The summed E-state index contributed by atoms with van der Waals surface area (Å²) in [5, 5.41) is 5.86. The molecule has 1 saturated carbocycles. The highest BCUT2D eigenvalue weighted by Crippen LogP contribution is 2.44. The van der Waals surface area contributed by atoms with Gasteiger partial charge >= 0.3 is 0 Å². The lowest BCUT2D eigenvalue weighted by atomic mass is 9.63. The van der Waals surface area contributed by atoms with Gasteiger partial charge in [-0.25, -0.2) is 4.39 Å². The van der Waals surface area contributed by atoms with Gasteiger partial charge in [-0.2, -0.15) is 0 Å². The average Bonchev–Trinajstić information content (AvgIpc) is 2.61. The number of hydrogen-bond donors (Lipinski definition) is 2. The molecule has 3 rings (SSSR count). The van der Waals surface area contributed by atoms with Crippen molar-refractivity contribution in [2.75, 3.05) is 11.9 Å². The molecule has 0 unspecified atom stereocenters. The molecule has 0 bridgehead atoms. The Balaban J connectivity index is 1.69. The fourth-order valence-corrected chi connectivity index (χ4v) is 3.32. The molecule has 0 radical (unpaired) electrons. The third kappa shape index (κ3) is 4.18. The van der Waals surface area contributed by atoms with Gasteiger partial charge in [-0.1, -0.05) is 32.4 Å². The van der Waals surface area contributed by atoms with E-state index in [9.17, 15) is 14.0 Å². The maximum absolute atomic E-state index is 13.0. The van der Waals surface area contributed by atoms with Crippen LogP contribution >= 0.6 is 0 Å². The van der Waals surface area contributed by atoms with E-state index in [0.717, 1.165) is 24.8 Å². The van der Waals surface area contributed by atoms with Crippen LogP contribution < -0.4 is 10.6 Å². The molecule has 5 heteroatoms. The van der Waals surface area contributed by atoms with Gasteiger partial charge in [0.15, 0.2) is 0 Å². The van der Waals surface area contributed by atoms with Crippen LogP contribution in [0.15, 0.2) is 48.5 Å². The second kappa shape index (κ2) is 7.91. The molecular formula is C22H25FN2O2. The molecule has 1 aliphatic carbocycles. The topological polar surface area (TPSA) is 58.2 Å². The minimum atomic E-state index is -0.450. The summed E-state index contributed by atoms with van der Waals surface area (Å²) in [7, 11) is 0. The smallest absolute Gasteiger partial charge is 0.255 e. The van der Waals surface area contributed by atoms with Gasteiger partial charge < -0.3 is 10.6 Å². The van der Waals surface area contributed by atoms with E-state index in [1.165, 1.54) is 24.3 Å².